The third-order valence-corrected chi connectivity index (χ3v) is 9.76. The minimum absolute atomic E-state index is 0.0320. The van der Waals surface area contributed by atoms with E-state index >= 15 is 0 Å². The van der Waals surface area contributed by atoms with Gasteiger partial charge in [0.05, 0.1) is 10.8 Å². The van der Waals surface area contributed by atoms with Gasteiger partial charge in [-0.1, -0.05) is 24.6 Å². The number of rotatable bonds is 5. The smallest absolute Gasteiger partial charge is 0.244 e. The Hall–Kier alpha value is -1.94. The Morgan fingerprint density at radius 2 is 2.00 bits per heavy atom. The number of anilines is 2. The second-order valence-electron chi connectivity index (χ2n) is 8.66. The van der Waals surface area contributed by atoms with Crippen molar-refractivity contribution in [1.82, 2.24) is 4.31 Å². The minimum atomic E-state index is -3.88. The van der Waals surface area contributed by atoms with E-state index in [1.807, 2.05) is 6.92 Å². The number of amides is 2. The van der Waals surface area contributed by atoms with Crippen LogP contribution in [0.25, 0.3) is 0 Å². The fraction of sp³-hybridized carbons (Fsp3) is 0.417. The zero-order valence-electron chi connectivity index (χ0n) is 19.1. The van der Waals surface area contributed by atoms with E-state index < -0.39 is 15.9 Å². The van der Waals surface area contributed by atoms with Gasteiger partial charge in [0.1, 0.15) is 0 Å². The van der Waals surface area contributed by atoms with Gasteiger partial charge in [-0.25, -0.2) is 8.42 Å². The Labute approximate surface area is 213 Å². The monoisotopic (exact) mass is 567 g/mol. The molecule has 2 heterocycles. The summed E-state index contributed by atoms with van der Waals surface area (Å²) in [7, 11) is -3.88. The molecule has 182 valence electrons. The van der Waals surface area contributed by atoms with Crippen molar-refractivity contribution >= 4 is 60.7 Å². The van der Waals surface area contributed by atoms with E-state index in [0.717, 1.165) is 11.1 Å². The van der Waals surface area contributed by atoms with Crippen LogP contribution in [0.3, 0.4) is 0 Å². The van der Waals surface area contributed by atoms with E-state index in [2.05, 4.69) is 21.2 Å². The van der Waals surface area contributed by atoms with Crippen molar-refractivity contribution in [3.63, 3.8) is 0 Å². The van der Waals surface area contributed by atoms with Gasteiger partial charge < -0.3 is 10.2 Å². The van der Waals surface area contributed by atoms with E-state index in [0.29, 0.717) is 59.6 Å². The van der Waals surface area contributed by atoms with Gasteiger partial charge in [-0.3, -0.25) is 9.59 Å². The number of nitrogens with zero attached hydrogens (tertiary/aromatic N) is 2. The van der Waals surface area contributed by atoms with Crippen LogP contribution in [0, 0.1) is 12.8 Å². The minimum Gasteiger partial charge on any atom is -0.326 e. The van der Waals surface area contributed by atoms with Gasteiger partial charge in [0.2, 0.25) is 21.8 Å². The maximum atomic E-state index is 13.6. The molecule has 0 aromatic heterocycles. The molecular weight excluding hydrogens is 542 g/mol. The molecule has 7 nitrogen and oxygen atoms in total. The average Bonchev–Trinajstić information content (AvgIpc) is 3.23. The summed E-state index contributed by atoms with van der Waals surface area (Å²) in [4.78, 5) is 27.1. The summed E-state index contributed by atoms with van der Waals surface area (Å²) in [6.07, 6.45) is 2.22. The van der Waals surface area contributed by atoms with Crippen LogP contribution in [0.15, 0.2) is 39.7 Å². The number of fused-ring (bicyclic) bond motifs is 1. The Balaban J connectivity index is 1.57. The summed E-state index contributed by atoms with van der Waals surface area (Å²) < 4.78 is 29.1. The second kappa shape index (κ2) is 9.97. The normalized spacial score (nSPS) is 18.6. The lowest BCUT2D eigenvalue weighted by Gasteiger charge is -2.32. The number of hydrogen-bond acceptors (Lipinski definition) is 4. The molecular formula is C24H27BrClN3O4S. The van der Waals surface area contributed by atoms with Crippen LogP contribution in [-0.2, 0) is 26.0 Å². The molecule has 4 rings (SSSR count). The molecule has 0 bridgehead atoms. The van der Waals surface area contributed by atoms with Gasteiger partial charge in [0.15, 0.2) is 0 Å². The summed E-state index contributed by atoms with van der Waals surface area (Å²) in [5.74, 6) is -0.735. The Morgan fingerprint density at radius 1 is 1.24 bits per heavy atom. The van der Waals surface area contributed by atoms with Crippen LogP contribution in [0.5, 0.6) is 0 Å². The van der Waals surface area contributed by atoms with Crippen LogP contribution < -0.4 is 10.2 Å². The molecule has 10 heteroatoms. The molecule has 1 saturated heterocycles. The number of carbonyl (C=O) groups is 2. The number of sulfonamides is 1. The average molecular weight is 569 g/mol. The quantitative estimate of drug-likeness (QED) is 0.564. The Bertz CT molecular complexity index is 1250. The highest BCUT2D eigenvalue weighted by molar-refractivity contribution is 9.10. The number of nitrogens with one attached hydrogen (secondary N) is 1. The maximum Gasteiger partial charge on any atom is 0.244 e. The SMILES string of the molecule is CCC(=O)N1CCc2cc(Br)c(S(=O)(=O)N3CCC[C@@H](C(=O)Nc4cccc(Cl)c4C)C3)cc21. The number of hydrogen-bond donors (Lipinski definition) is 1. The van der Waals surface area contributed by atoms with Gasteiger partial charge in [-0.05, 0) is 77.5 Å². The van der Waals surface area contributed by atoms with Crippen molar-refractivity contribution in [1.29, 1.82) is 0 Å². The van der Waals surface area contributed by atoms with E-state index in [9.17, 15) is 18.0 Å². The summed E-state index contributed by atoms with van der Waals surface area (Å²) in [5.41, 5.74) is 2.99. The molecule has 1 fully saturated rings. The second-order valence-corrected chi connectivity index (χ2v) is 11.8. The van der Waals surface area contributed by atoms with Crippen molar-refractivity contribution in [3.8, 4) is 0 Å². The number of piperidine rings is 1. The van der Waals surface area contributed by atoms with Gasteiger partial charge in [-0.15, -0.1) is 0 Å². The van der Waals surface area contributed by atoms with Crippen LogP contribution in [-0.4, -0.2) is 44.2 Å². The summed E-state index contributed by atoms with van der Waals surface area (Å²) in [6, 6.07) is 8.68. The van der Waals surface area contributed by atoms with Gasteiger partial charge in [0, 0.05) is 46.9 Å². The van der Waals surface area contributed by atoms with E-state index in [-0.39, 0.29) is 23.3 Å². The molecule has 2 aromatic carbocycles. The topological polar surface area (TPSA) is 86.8 Å². The Kier molecular flexibility index (Phi) is 7.38. The molecule has 0 spiro atoms. The standard InChI is InChI=1S/C24H27BrClN3O4S/c1-3-23(30)29-11-9-16-12-18(25)22(13-21(16)29)34(32,33)28-10-5-6-17(14-28)24(31)27-20-8-4-7-19(26)15(20)2/h4,7-8,12-13,17H,3,5-6,9-11,14H2,1-2H3,(H,27,31)/t17-/m1/s1. The molecule has 2 aromatic rings. The summed E-state index contributed by atoms with van der Waals surface area (Å²) in [6.45, 7) is 4.60. The fourth-order valence-corrected chi connectivity index (χ4v) is 7.30. The largest absolute Gasteiger partial charge is 0.326 e. The first-order chi connectivity index (χ1) is 16.1. The van der Waals surface area contributed by atoms with Crippen molar-refractivity contribution in [3.05, 3.63) is 51.0 Å². The Morgan fingerprint density at radius 3 is 2.74 bits per heavy atom. The molecule has 0 saturated carbocycles. The molecule has 0 unspecified atom stereocenters. The predicted molar refractivity (Wildman–Crippen MR) is 137 cm³/mol. The zero-order valence-corrected chi connectivity index (χ0v) is 22.3. The lowest BCUT2D eigenvalue weighted by atomic mass is 9.98. The highest BCUT2D eigenvalue weighted by atomic mass is 79.9. The van der Waals surface area contributed by atoms with E-state index in [1.54, 1.807) is 42.2 Å². The molecule has 34 heavy (non-hydrogen) atoms. The summed E-state index contributed by atoms with van der Waals surface area (Å²) in [5, 5.41) is 3.46. The lowest BCUT2D eigenvalue weighted by Crippen LogP contribution is -2.43. The number of benzene rings is 2. The molecule has 2 aliphatic rings. The maximum absolute atomic E-state index is 13.6. The summed E-state index contributed by atoms with van der Waals surface area (Å²) >= 11 is 9.59. The zero-order chi connectivity index (χ0) is 24.6. The fourth-order valence-electron chi connectivity index (χ4n) is 4.53. The molecule has 2 amide bonds. The first-order valence-corrected chi connectivity index (χ1v) is 13.9. The highest BCUT2D eigenvalue weighted by Gasteiger charge is 2.36. The van der Waals surface area contributed by atoms with Crippen LogP contribution >= 0.6 is 27.5 Å². The molecule has 1 atom stereocenters. The third-order valence-electron chi connectivity index (χ3n) is 6.53. The lowest BCUT2D eigenvalue weighted by molar-refractivity contribution is -0.121. The first-order valence-electron chi connectivity index (χ1n) is 11.3. The highest BCUT2D eigenvalue weighted by Crippen LogP contribution is 2.37. The van der Waals surface area contributed by atoms with Gasteiger partial charge in [0.25, 0.3) is 0 Å². The molecule has 1 N–H and O–H groups in total. The third kappa shape index (κ3) is 4.76. The van der Waals surface area contributed by atoms with Crippen LogP contribution in [0.1, 0.15) is 37.3 Å². The molecule has 2 aliphatic heterocycles. The van der Waals surface area contributed by atoms with E-state index in [1.165, 1.54) is 4.31 Å². The van der Waals surface area contributed by atoms with Crippen molar-refractivity contribution in [2.24, 2.45) is 5.92 Å². The van der Waals surface area contributed by atoms with Crippen LogP contribution in [0.4, 0.5) is 11.4 Å². The predicted octanol–water partition coefficient (Wildman–Crippen LogP) is 4.75. The van der Waals surface area contributed by atoms with Crippen molar-refractivity contribution < 1.29 is 18.0 Å². The first kappa shape index (κ1) is 25.2. The molecule has 0 aliphatic carbocycles. The van der Waals surface area contributed by atoms with E-state index in [4.69, 9.17) is 11.6 Å². The number of carbonyl (C=O) groups excluding carboxylic acids is 2. The van der Waals surface area contributed by atoms with Crippen molar-refractivity contribution in [2.75, 3.05) is 29.9 Å². The number of halogens is 2. The van der Waals surface area contributed by atoms with Gasteiger partial charge in [-0.2, -0.15) is 4.31 Å². The van der Waals surface area contributed by atoms with Gasteiger partial charge >= 0.3 is 0 Å². The van der Waals surface area contributed by atoms with Crippen LogP contribution in [0.2, 0.25) is 5.02 Å². The molecule has 0 radical (unpaired) electrons. The van der Waals surface area contributed by atoms with Crippen molar-refractivity contribution in [2.45, 2.75) is 44.4 Å².